The molecule has 0 amide bonds. The van der Waals surface area contributed by atoms with Gasteiger partial charge in [0.1, 0.15) is 10.0 Å². The third-order valence-corrected chi connectivity index (χ3v) is 4.68. The van der Waals surface area contributed by atoms with Gasteiger partial charge in [-0.2, -0.15) is 0 Å². The molecule has 1 aromatic heterocycles. The molecule has 0 saturated carbocycles. The van der Waals surface area contributed by atoms with Crippen molar-refractivity contribution >= 4 is 22.1 Å². The van der Waals surface area contributed by atoms with Crippen LogP contribution in [0.5, 0.6) is 0 Å². The molecule has 108 valence electrons. The fraction of sp³-hybridized carbons (Fsp3) is 0.294. The Kier molecular flexibility index (Phi) is 4.27. The highest BCUT2D eigenvalue weighted by Crippen LogP contribution is 2.30. The van der Waals surface area contributed by atoms with Crippen LogP contribution in [0.15, 0.2) is 42.5 Å². The van der Waals surface area contributed by atoms with Crippen molar-refractivity contribution in [3.05, 3.63) is 47.5 Å². The van der Waals surface area contributed by atoms with Crippen LogP contribution in [0.25, 0.3) is 21.3 Å². The quantitative estimate of drug-likeness (QED) is 0.757. The number of aromatic nitrogens is 2. The molecule has 3 aromatic rings. The van der Waals surface area contributed by atoms with E-state index in [0.717, 1.165) is 28.5 Å². The van der Waals surface area contributed by atoms with E-state index >= 15 is 0 Å². The molecule has 1 heterocycles. The van der Waals surface area contributed by atoms with Crippen LogP contribution >= 0.6 is 11.3 Å². The third-order valence-electron chi connectivity index (χ3n) is 3.59. The molecule has 0 aliphatic rings. The Hall–Kier alpha value is -1.78. The van der Waals surface area contributed by atoms with Gasteiger partial charge in [-0.1, -0.05) is 61.6 Å². The minimum Gasteiger partial charge on any atom is -0.308 e. The summed E-state index contributed by atoms with van der Waals surface area (Å²) in [5, 5.41) is 16.8. The summed E-state index contributed by atoms with van der Waals surface area (Å²) in [6, 6.07) is 15.2. The summed E-state index contributed by atoms with van der Waals surface area (Å²) in [6.07, 6.45) is 1.03. The molecule has 3 rings (SSSR count). The molecule has 21 heavy (non-hydrogen) atoms. The smallest absolute Gasteiger partial charge is 0.147 e. The monoisotopic (exact) mass is 297 g/mol. The van der Waals surface area contributed by atoms with E-state index in [1.165, 1.54) is 10.8 Å². The topological polar surface area (TPSA) is 37.8 Å². The van der Waals surface area contributed by atoms with Crippen LogP contribution in [0.2, 0.25) is 0 Å². The molecule has 0 fully saturated rings. The molecule has 0 bridgehead atoms. The predicted molar refractivity (Wildman–Crippen MR) is 89.6 cm³/mol. The van der Waals surface area contributed by atoms with Crippen molar-refractivity contribution in [3.8, 4) is 10.6 Å². The highest BCUT2D eigenvalue weighted by Gasteiger charge is 2.14. The van der Waals surface area contributed by atoms with Gasteiger partial charge in [0.25, 0.3) is 0 Å². The second-order valence-corrected chi connectivity index (χ2v) is 6.03. The van der Waals surface area contributed by atoms with E-state index in [1.54, 1.807) is 11.3 Å². The van der Waals surface area contributed by atoms with E-state index < -0.39 is 0 Å². The zero-order valence-corrected chi connectivity index (χ0v) is 13.2. The normalized spacial score (nSPS) is 12.7. The van der Waals surface area contributed by atoms with E-state index in [9.17, 15) is 0 Å². The molecule has 0 radical (unpaired) electrons. The lowest BCUT2D eigenvalue weighted by atomic mass is 10.1. The third kappa shape index (κ3) is 2.96. The summed E-state index contributed by atoms with van der Waals surface area (Å²) >= 11 is 1.68. The van der Waals surface area contributed by atoms with Crippen molar-refractivity contribution in [3.63, 3.8) is 0 Å². The van der Waals surface area contributed by atoms with E-state index in [0.29, 0.717) is 6.04 Å². The molecule has 2 aromatic carbocycles. The second-order valence-electron chi connectivity index (χ2n) is 5.03. The summed E-state index contributed by atoms with van der Waals surface area (Å²) in [6.45, 7) is 5.24. The van der Waals surface area contributed by atoms with Gasteiger partial charge in [-0.3, -0.25) is 0 Å². The summed E-state index contributed by atoms with van der Waals surface area (Å²) in [4.78, 5) is 0. The Morgan fingerprint density at radius 3 is 2.62 bits per heavy atom. The molecule has 0 aliphatic carbocycles. The van der Waals surface area contributed by atoms with Crippen LogP contribution in [-0.4, -0.2) is 16.7 Å². The summed E-state index contributed by atoms with van der Waals surface area (Å²) in [5.74, 6) is 0. The Morgan fingerprint density at radius 2 is 1.86 bits per heavy atom. The fourth-order valence-corrected chi connectivity index (χ4v) is 3.47. The molecule has 1 atom stereocenters. The predicted octanol–water partition coefficient (Wildman–Crippen LogP) is 4.42. The largest absolute Gasteiger partial charge is 0.308 e. The van der Waals surface area contributed by atoms with Gasteiger partial charge in [-0.25, -0.2) is 0 Å². The van der Waals surface area contributed by atoms with Gasteiger partial charge >= 0.3 is 0 Å². The summed E-state index contributed by atoms with van der Waals surface area (Å²) in [5.41, 5.74) is 1.14. The van der Waals surface area contributed by atoms with Crippen molar-refractivity contribution in [2.45, 2.75) is 26.3 Å². The standard InChI is InChI=1S/C17H19N3S/c1-3-15(18-4-2)17-20-19-16(21-17)14-10-9-12-7-5-6-8-13(12)11-14/h5-11,15,18H,3-4H2,1-2H3. The van der Waals surface area contributed by atoms with Crippen molar-refractivity contribution < 1.29 is 0 Å². The lowest BCUT2D eigenvalue weighted by Gasteiger charge is -2.10. The van der Waals surface area contributed by atoms with Crippen molar-refractivity contribution in [2.24, 2.45) is 0 Å². The molecule has 1 unspecified atom stereocenters. The van der Waals surface area contributed by atoms with Gasteiger partial charge in [0.2, 0.25) is 0 Å². The van der Waals surface area contributed by atoms with Gasteiger partial charge in [0.15, 0.2) is 0 Å². The molecular weight excluding hydrogens is 278 g/mol. The van der Waals surface area contributed by atoms with Crippen LogP contribution in [0, 0.1) is 0 Å². The number of rotatable bonds is 5. The fourth-order valence-electron chi connectivity index (χ4n) is 2.47. The van der Waals surface area contributed by atoms with Crippen molar-refractivity contribution in [1.29, 1.82) is 0 Å². The second kappa shape index (κ2) is 6.33. The first-order valence-corrected chi connectivity index (χ1v) is 8.19. The van der Waals surface area contributed by atoms with Crippen LogP contribution in [0.4, 0.5) is 0 Å². The minimum absolute atomic E-state index is 0.307. The maximum Gasteiger partial charge on any atom is 0.147 e. The average molecular weight is 297 g/mol. The van der Waals surface area contributed by atoms with Crippen LogP contribution < -0.4 is 5.32 Å². The van der Waals surface area contributed by atoms with Gasteiger partial charge in [0, 0.05) is 5.56 Å². The number of nitrogens with zero attached hydrogens (tertiary/aromatic N) is 2. The number of fused-ring (bicyclic) bond motifs is 1. The van der Waals surface area contributed by atoms with Crippen LogP contribution in [-0.2, 0) is 0 Å². The highest BCUT2D eigenvalue weighted by molar-refractivity contribution is 7.14. The lowest BCUT2D eigenvalue weighted by molar-refractivity contribution is 0.531. The first-order chi connectivity index (χ1) is 10.3. The molecule has 4 heteroatoms. The molecule has 1 N–H and O–H groups in total. The molecule has 0 saturated heterocycles. The SMILES string of the molecule is CCNC(CC)c1nnc(-c2ccc3ccccc3c2)s1. The summed E-state index contributed by atoms with van der Waals surface area (Å²) in [7, 11) is 0. The first kappa shape index (κ1) is 14.2. The van der Waals surface area contributed by atoms with Crippen molar-refractivity contribution in [1.82, 2.24) is 15.5 Å². The maximum absolute atomic E-state index is 4.37. The van der Waals surface area contributed by atoms with Gasteiger partial charge in [-0.15, -0.1) is 10.2 Å². The van der Waals surface area contributed by atoms with E-state index in [4.69, 9.17) is 0 Å². The van der Waals surface area contributed by atoms with E-state index in [-0.39, 0.29) is 0 Å². The zero-order chi connectivity index (χ0) is 14.7. The number of hydrogen-bond acceptors (Lipinski definition) is 4. The van der Waals surface area contributed by atoms with Crippen molar-refractivity contribution in [2.75, 3.05) is 6.54 Å². The molecule has 3 nitrogen and oxygen atoms in total. The van der Waals surface area contributed by atoms with Crippen LogP contribution in [0.1, 0.15) is 31.3 Å². The van der Waals surface area contributed by atoms with Crippen LogP contribution in [0.3, 0.4) is 0 Å². The Bertz CT molecular complexity index is 735. The van der Waals surface area contributed by atoms with E-state index in [1.807, 2.05) is 0 Å². The Labute approximate surface area is 129 Å². The molecule has 0 aliphatic heterocycles. The van der Waals surface area contributed by atoms with E-state index in [2.05, 4.69) is 71.8 Å². The van der Waals surface area contributed by atoms with Gasteiger partial charge < -0.3 is 5.32 Å². The van der Waals surface area contributed by atoms with Gasteiger partial charge in [0.05, 0.1) is 6.04 Å². The number of nitrogens with one attached hydrogen (secondary N) is 1. The highest BCUT2D eigenvalue weighted by atomic mass is 32.1. The zero-order valence-electron chi connectivity index (χ0n) is 12.3. The van der Waals surface area contributed by atoms with Gasteiger partial charge in [-0.05, 0) is 29.8 Å². The first-order valence-electron chi connectivity index (χ1n) is 7.37. The maximum atomic E-state index is 4.37. The number of benzene rings is 2. The Morgan fingerprint density at radius 1 is 1.05 bits per heavy atom. The average Bonchev–Trinajstić information content (AvgIpc) is 3.02. The minimum atomic E-state index is 0.307. The lowest BCUT2D eigenvalue weighted by Crippen LogP contribution is -2.19. The number of hydrogen-bond donors (Lipinski definition) is 1. The molecule has 0 spiro atoms. The molecular formula is C17H19N3S. The Balaban J connectivity index is 1.93. The summed E-state index contributed by atoms with van der Waals surface area (Å²) < 4.78 is 0.